The molecule has 0 bridgehead atoms. The van der Waals surface area contributed by atoms with Gasteiger partial charge in [-0.2, -0.15) is 0 Å². The number of primary amides is 1. The minimum absolute atomic E-state index is 0.141. The normalized spacial score (nSPS) is 19.9. The maximum atomic E-state index is 11.1. The topological polar surface area (TPSA) is 83.7 Å². The fraction of sp³-hybridized carbons (Fsp3) is 0.538. The first-order valence-electron chi connectivity index (χ1n) is 6.38. The van der Waals surface area contributed by atoms with E-state index in [1.807, 2.05) is 27.7 Å². The number of carbonyl (C=O) groups excluding carboxylic acids is 1. The van der Waals surface area contributed by atoms with Crippen LogP contribution >= 0.6 is 0 Å². The molecule has 1 aromatic heterocycles. The SMILES string of the molecule is COc1nc(C(N)=O)ccc1B1OC(C)(C)C(C)(C)O1. The Kier molecular flexibility index (Phi) is 3.52. The highest BCUT2D eigenvalue weighted by molar-refractivity contribution is 6.63. The molecule has 0 spiro atoms. The van der Waals surface area contributed by atoms with E-state index in [4.69, 9.17) is 19.8 Å². The van der Waals surface area contributed by atoms with Crippen LogP contribution in [0.3, 0.4) is 0 Å². The van der Waals surface area contributed by atoms with Gasteiger partial charge >= 0.3 is 7.12 Å². The molecule has 1 aliphatic rings. The van der Waals surface area contributed by atoms with Gasteiger partial charge in [0.05, 0.1) is 18.3 Å². The molecular formula is C13H19BN2O4. The van der Waals surface area contributed by atoms with Crippen molar-refractivity contribution in [3.8, 4) is 5.88 Å². The molecule has 7 heteroatoms. The first-order valence-corrected chi connectivity index (χ1v) is 6.38. The quantitative estimate of drug-likeness (QED) is 0.813. The molecule has 1 saturated heterocycles. The zero-order valence-corrected chi connectivity index (χ0v) is 12.4. The first kappa shape index (κ1) is 14.8. The number of aromatic nitrogens is 1. The van der Waals surface area contributed by atoms with Crippen LogP contribution in [0.25, 0.3) is 0 Å². The van der Waals surface area contributed by atoms with Gasteiger partial charge < -0.3 is 19.8 Å². The van der Waals surface area contributed by atoms with E-state index in [9.17, 15) is 4.79 Å². The van der Waals surface area contributed by atoms with Gasteiger partial charge in [0.2, 0.25) is 5.88 Å². The number of hydrogen-bond acceptors (Lipinski definition) is 5. The van der Waals surface area contributed by atoms with Crippen LogP contribution in [-0.2, 0) is 9.31 Å². The Bertz CT molecular complexity index is 529. The zero-order valence-electron chi connectivity index (χ0n) is 12.4. The molecule has 0 atom stereocenters. The van der Waals surface area contributed by atoms with Gasteiger partial charge in [-0.1, -0.05) is 6.07 Å². The van der Waals surface area contributed by atoms with E-state index in [2.05, 4.69) is 4.98 Å². The van der Waals surface area contributed by atoms with Gasteiger partial charge in [-0.3, -0.25) is 4.79 Å². The highest BCUT2D eigenvalue weighted by Crippen LogP contribution is 2.36. The molecule has 2 heterocycles. The van der Waals surface area contributed by atoms with Crippen LogP contribution in [0, 0.1) is 0 Å². The Morgan fingerprint density at radius 1 is 1.25 bits per heavy atom. The molecule has 1 aliphatic heterocycles. The molecule has 108 valence electrons. The van der Waals surface area contributed by atoms with Crippen molar-refractivity contribution < 1.29 is 18.8 Å². The largest absolute Gasteiger partial charge is 0.500 e. The van der Waals surface area contributed by atoms with E-state index in [1.54, 1.807) is 6.07 Å². The lowest BCUT2D eigenvalue weighted by atomic mass is 9.79. The summed E-state index contributed by atoms with van der Waals surface area (Å²) in [5, 5.41) is 0. The summed E-state index contributed by atoms with van der Waals surface area (Å²) in [5.74, 6) is -0.330. The second-order valence-corrected chi connectivity index (χ2v) is 5.75. The number of rotatable bonds is 3. The summed E-state index contributed by atoms with van der Waals surface area (Å²) in [6.07, 6.45) is 0. The number of nitrogens with zero attached hydrogens (tertiary/aromatic N) is 1. The van der Waals surface area contributed by atoms with Crippen LogP contribution < -0.4 is 15.9 Å². The van der Waals surface area contributed by atoms with Crippen molar-refractivity contribution in [3.63, 3.8) is 0 Å². The van der Waals surface area contributed by atoms with Crippen LogP contribution in [0.5, 0.6) is 5.88 Å². The third-order valence-corrected chi connectivity index (χ3v) is 3.84. The van der Waals surface area contributed by atoms with Crippen molar-refractivity contribution in [2.75, 3.05) is 7.11 Å². The van der Waals surface area contributed by atoms with Gasteiger partial charge in [0.1, 0.15) is 5.69 Å². The molecule has 2 N–H and O–H groups in total. The third kappa shape index (κ3) is 2.38. The summed E-state index contributed by atoms with van der Waals surface area (Å²) < 4.78 is 17.1. The maximum Gasteiger partial charge on any atom is 0.500 e. The van der Waals surface area contributed by atoms with Crippen molar-refractivity contribution in [2.24, 2.45) is 5.73 Å². The van der Waals surface area contributed by atoms with Crippen LogP contribution in [0.4, 0.5) is 0 Å². The van der Waals surface area contributed by atoms with Crippen molar-refractivity contribution >= 4 is 18.5 Å². The van der Waals surface area contributed by atoms with Crippen molar-refractivity contribution in [3.05, 3.63) is 17.8 Å². The Labute approximate surface area is 118 Å². The Morgan fingerprint density at radius 2 is 1.80 bits per heavy atom. The molecule has 0 aliphatic carbocycles. The van der Waals surface area contributed by atoms with Crippen molar-refractivity contribution in [1.29, 1.82) is 0 Å². The molecule has 1 fully saturated rings. The first-order chi connectivity index (χ1) is 9.18. The van der Waals surface area contributed by atoms with E-state index in [0.29, 0.717) is 5.46 Å². The summed E-state index contributed by atoms with van der Waals surface area (Å²) >= 11 is 0. The summed E-state index contributed by atoms with van der Waals surface area (Å²) in [5.41, 5.74) is 5.08. The molecule has 0 saturated carbocycles. The molecule has 6 nitrogen and oxygen atoms in total. The van der Waals surface area contributed by atoms with E-state index >= 15 is 0 Å². The van der Waals surface area contributed by atoms with Crippen LogP contribution in [0.15, 0.2) is 12.1 Å². The van der Waals surface area contributed by atoms with Gasteiger partial charge in [0.25, 0.3) is 5.91 Å². The monoisotopic (exact) mass is 278 g/mol. The number of pyridine rings is 1. The van der Waals surface area contributed by atoms with E-state index < -0.39 is 24.2 Å². The number of carbonyl (C=O) groups is 1. The minimum atomic E-state index is -0.608. The lowest BCUT2D eigenvalue weighted by molar-refractivity contribution is 0.00578. The fourth-order valence-corrected chi connectivity index (χ4v) is 1.90. The second-order valence-electron chi connectivity index (χ2n) is 5.75. The van der Waals surface area contributed by atoms with Gasteiger partial charge in [-0.05, 0) is 33.8 Å². The molecule has 0 aromatic carbocycles. The smallest absolute Gasteiger partial charge is 0.481 e. The highest BCUT2D eigenvalue weighted by atomic mass is 16.7. The zero-order chi connectivity index (χ0) is 15.1. The summed E-state index contributed by atoms with van der Waals surface area (Å²) in [4.78, 5) is 15.2. The molecule has 20 heavy (non-hydrogen) atoms. The predicted octanol–water partition coefficient (Wildman–Crippen LogP) is 0.488. The average molecular weight is 278 g/mol. The van der Waals surface area contributed by atoms with Gasteiger partial charge in [0.15, 0.2) is 0 Å². The second kappa shape index (κ2) is 4.75. The fourth-order valence-electron chi connectivity index (χ4n) is 1.90. The predicted molar refractivity (Wildman–Crippen MR) is 75.0 cm³/mol. The van der Waals surface area contributed by atoms with Gasteiger partial charge in [-0.15, -0.1) is 0 Å². The molecule has 1 amide bonds. The molecular weight excluding hydrogens is 259 g/mol. The molecule has 2 rings (SSSR count). The Hall–Kier alpha value is -1.60. The van der Waals surface area contributed by atoms with E-state index in [1.165, 1.54) is 13.2 Å². The van der Waals surface area contributed by atoms with Crippen molar-refractivity contribution in [2.45, 2.75) is 38.9 Å². The van der Waals surface area contributed by atoms with Crippen LogP contribution in [0.1, 0.15) is 38.2 Å². The summed E-state index contributed by atoms with van der Waals surface area (Å²) in [7, 11) is 0.881. The standard InChI is InChI=1S/C13H19BN2O4/c1-12(2)13(3,4)20-14(19-12)8-6-7-9(10(15)17)16-11(8)18-5/h6-7H,1-5H3,(H2,15,17). The lowest BCUT2D eigenvalue weighted by Gasteiger charge is -2.32. The van der Waals surface area contributed by atoms with Gasteiger partial charge in [-0.25, -0.2) is 4.98 Å². The number of ether oxygens (including phenoxy) is 1. The Balaban J connectivity index is 2.37. The van der Waals surface area contributed by atoms with Crippen LogP contribution in [-0.4, -0.2) is 36.3 Å². The number of methoxy groups -OCH3 is 1. The summed E-state index contributed by atoms with van der Waals surface area (Å²) in [6.45, 7) is 7.85. The highest BCUT2D eigenvalue weighted by Gasteiger charge is 2.52. The average Bonchev–Trinajstić information content (AvgIpc) is 2.57. The van der Waals surface area contributed by atoms with Gasteiger partial charge in [0, 0.05) is 5.46 Å². The number of nitrogens with two attached hydrogens (primary N) is 1. The lowest BCUT2D eigenvalue weighted by Crippen LogP contribution is -2.41. The Morgan fingerprint density at radius 3 is 2.25 bits per heavy atom. The van der Waals surface area contributed by atoms with E-state index in [0.717, 1.165) is 0 Å². The molecule has 0 radical (unpaired) electrons. The number of hydrogen-bond donors (Lipinski definition) is 1. The van der Waals surface area contributed by atoms with Crippen molar-refractivity contribution in [1.82, 2.24) is 4.98 Å². The number of amides is 1. The molecule has 0 unspecified atom stereocenters. The third-order valence-electron chi connectivity index (χ3n) is 3.84. The van der Waals surface area contributed by atoms with Crippen LogP contribution in [0.2, 0.25) is 0 Å². The minimum Gasteiger partial charge on any atom is -0.481 e. The summed E-state index contributed by atoms with van der Waals surface area (Å²) in [6, 6.07) is 3.22. The van der Waals surface area contributed by atoms with E-state index in [-0.39, 0.29) is 11.6 Å². The maximum absolute atomic E-state index is 11.1. The molecule has 1 aromatic rings.